The van der Waals surface area contributed by atoms with Crippen LogP contribution < -0.4 is 10.6 Å². The molecule has 0 spiro atoms. The minimum Gasteiger partial charge on any atom is -0.380 e. The lowest BCUT2D eigenvalue weighted by atomic mass is 9.96. The number of para-hydroxylation sites is 1. The van der Waals surface area contributed by atoms with Gasteiger partial charge in [0.05, 0.1) is 12.5 Å². The van der Waals surface area contributed by atoms with E-state index >= 15 is 0 Å². The molecule has 2 atom stereocenters. The fraction of sp³-hybridized carbons (Fsp3) is 0.533. The van der Waals surface area contributed by atoms with Crippen molar-refractivity contribution in [3.63, 3.8) is 0 Å². The molecule has 2 unspecified atom stereocenters. The number of nitrogens with zero attached hydrogens (tertiary/aromatic N) is 1. The van der Waals surface area contributed by atoms with E-state index in [2.05, 4.69) is 13.0 Å². The standard InChI is InChI=1S/C15H22N2O2/c1-11-7-8-12-5-3-4-6-14(12)17(11)15(18)9-13(10-16)19-2/h3-6,11,13H,7-10,16H2,1-2H3. The van der Waals surface area contributed by atoms with Gasteiger partial charge in [0, 0.05) is 25.4 Å². The lowest BCUT2D eigenvalue weighted by molar-refractivity contribution is -0.121. The first-order valence-corrected chi connectivity index (χ1v) is 6.80. The van der Waals surface area contributed by atoms with Crippen LogP contribution in [-0.4, -0.2) is 31.7 Å². The van der Waals surface area contributed by atoms with E-state index in [1.54, 1.807) is 7.11 Å². The smallest absolute Gasteiger partial charge is 0.229 e. The Bertz CT molecular complexity index is 444. The van der Waals surface area contributed by atoms with Crippen molar-refractivity contribution in [2.45, 2.75) is 38.3 Å². The molecule has 0 fully saturated rings. The zero-order chi connectivity index (χ0) is 13.8. The number of methoxy groups -OCH3 is 1. The van der Waals surface area contributed by atoms with Crippen LogP contribution in [0.4, 0.5) is 5.69 Å². The molecule has 4 heteroatoms. The molecule has 0 aliphatic carbocycles. The normalized spacial score (nSPS) is 19.9. The van der Waals surface area contributed by atoms with Crippen LogP contribution in [0.5, 0.6) is 0 Å². The van der Waals surface area contributed by atoms with Crippen LogP contribution in [0.15, 0.2) is 24.3 Å². The summed E-state index contributed by atoms with van der Waals surface area (Å²) < 4.78 is 5.21. The van der Waals surface area contributed by atoms with Gasteiger partial charge in [-0.2, -0.15) is 0 Å². The highest BCUT2D eigenvalue weighted by molar-refractivity contribution is 5.95. The quantitative estimate of drug-likeness (QED) is 0.899. The summed E-state index contributed by atoms with van der Waals surface area (Å²) >= 11 is 0. The minimum absolute atomic E-state index is 0.0944. The van der Waals surface area contributed by atoms with Gasteiger partial charge in [0.2, 0.25) is 5.91 Å². The van der Waals surface area contributed by atoms with Crippen molar-refractivity contribution in [3.05, 3.63) is 29.8 Å². The van der Waals surface area contributed by atoms with Gasteiger partial charge in [-0.05, 0) is 31.4 Å². The monoisotopic (exact) mass is 262 g/mol. The Labute approximate surface area is 114 Å². The molecule has 0 saturated carbocycles. The Morgan fingerprint density at radius 1 is 1.53 bits per heavy atom. The number of ether oxygens (including phenoxy) is 1. The predicted octanol–water partition coefficient (Wildman–Crippen LogP) is 1.72. The van der Waals surface area contributed by atoms with Crippen molar-refractivity contribution in [1.29, 1.82) is 0 Å². The number of carbonyl (C=O) groups excluding carboxylic acids is 1. The molecule has 4 nitrogen and oxygen atoms in total. The fourth-order valence-corrected chi connectivity index (χ4v) is 2.62. The number of benzene rings is 1. The van der Waals surface area contributed by atoms with Crippen LogP contribution in [0.3, 0.4) is 0 Å². The molecule has 2 rings (SSSR count). The van der Waals surface area contributed by atoms with Gasteiger partial charge in [0.25, 0.3) is 0 Å². The number of nitrogens with two attached hydrogens (primary N) is 1. The predicted molar refractivity (Wildman–Crippen MR) is 76.2 cm³/mol. The summed E-state index contributed by atoms with van der Waals surface area (Å²) in [6.07, 6.45) is 2.18. The molecule has 0 radical (unpaired) electrons. The Kier molecular flexibility index (Phi) is 4.56. The first-order chi connectivity index (χ1) is 9.17. The molecule has 2 N–H and O–H groups in total. The van der Waals surface area contributed by atoms with Crippen molar-refractivity contribution in [3.8, 4) is 0 Å². The molecule has 1 amide bonds. The summed E-state index contributed by atoms with van der Waals surface area (Å²) in [6.45, 7) is 2.46. The molecule has 19 heavy (non-hydrogen) atoms. The minimum atomic E-state index is -0.200. The van der Waals surface area contributed by atoms with E-state index < -0.39 is 0 Å². The van der Waals surface area contributed by atoms with E-state index in [0.717, 1.165) is 18.5 Å². The summed E-state index contributed by atoms with van der Waals surface area (Å²) in [6, 6.07) is 8.35. The largest absolute Gasteiger partial charge is 0.380 e. The van der Waals surface area contributed by atoms with E-state index in [4.69, 9.17) is 10.5 Å². The zero-order valence-electron chi connectivity index (χ0n) is 11.6. The third-order valence-electron chi connectivity index (χ3n) is 3.79. The maximum Gasteiger partial charge on any atom is 0.229 e. The van der Waals surface area contributed by atoms with E-state index in [9.17, 15) is 4.79 Å². The first kappa shape index (κ1) is 14.0. The molecule has 1 aliphatic rings. The molecule has 1 aromatic carbocycles. The molecule has 0 bridgehead atoms. The van der Waals surface area contributed by atoms with Gasteiger partial charge in [-0.15, -0.1) is 0 Å². The molecule has 1 aromatic rings. The summed E-state index contributed by atoms with van der Waals surface area (Å²) in [5, 5.41) is 0. The van der Waals surface area contributed by atoms with Crippen LogP contribution in [-0.2, 0) is 16.0 Å². The van der Waals surface area contributed by atoms with Crippen LogP contribution in [0, 0.1) is 0 Å². The Hall–Kier alpha value is -1.39. The highest BCUT2D eigenvalue weighted by Gasteiger charge is 2.28. The second-order valence-electron chi connectivity index (χ2n) is 5.08. The number of fused-ring (bicyclic) bond motifs is 1. The lowest BCUT2D eigenvalue weighted by Gasteiger charge is -2.36. The van der Waals surface area contributed by atoms with Gasteiger partial charge in [-0.1, -0.05) is 18.2 Å². The maximum atomic E-state index is 12.5. The van der Waals surface area contributed by atoms with Gasteiger partial charge in [0.15, 0.2) is 0 Å². The molecular formula is C15H22N2O2. The van der Waals surface area contributed by atoms with Gasteiger partial charge in [-0.3, -0.25) is 4.79 Å². The molecule has 0 aromatic heterocycles. The van der Waals surface area contributed by atoms with E-state index in [0.29, 0.717) is 13.0 Å². The van der Waals surface area contributed by atoms with Crippen molar-refractivity contribution in [2.75, 3.05) is 18.6 Å². The Balaban J connectivity index is 2.21. The summed E-state index contributed by atoms with van der Waals surface area (Å²) in [7, 11) is 1.60. The molecule has 1 heterocycles. The van der Waals surface area contributed by atoms with Crippen molar-refractivity contribution >= 4 is 11.6 Å². The van der Waals surface area contributed by atoms with Gasteiger partial charge in [-0.25, -0.2) is 0 Å². The number of amides is 1. The average Bonchev–Trinajstić information content (AvgIpc) is 2.44. The van der Waals surface area contributed by atoms with Gasteiger partial charge >= 0.3 is 0 Å². The van der Waals surface area contributed by atoms with Gasteiger partial charge < -0.3 is 15.4 Å². The fourth-order valence-electron chi connectivity index (χ4n) is 2.62. The second kappa shape index (κ2) is 6.17. The summed E-state index contributed by atoms with van der Waals surface area (Å²) in [5.41, 5.74) is 7.88. The first-order valence-electron chi connectivity index (χ1n) is 6.80. The summed E-state index contributed by atoms with van der Waals surface area (Å²) in [5.74, 6) is 0.0944. The van der Waals surface area contributed by atoms with Crippen LogP contribution >= 0.6 is 0 Å². The number of anilines is 1. The maximum absolute atomic E-state index is 12.5. The van der Waals surface area contributed by atoms with Crippen LogP contribution in [0.1, 0.15) is 25.3 Å². The van der Waals surface area contributed by atoms with E-state index in [-0.39, 0.29) is 18.1 Å². The zero-order valence-corrected chi connectivity index (χ0v) is 11.6. The second-order valence-corrected chi connectivity index (χ2v) is 5.08. The highest BCUT2D eigenvalue weighted by atomic mass is 16.5. The number of aryl methyl sites for hydroxylation is 1. The van der Waals surface area contributed by atoms with E-state index in [1.165, 1.54) is 5.56 Å². The highest BCUT2D eigenvalue weighted by Crippen LogP contribution is 2.31. The van der Waals surface area contributed by atoms with Crippen molar-refractivity contribution in [1.82, 2.24) is 0 Å². The lowest BCUT2D eigenvalue weighted by Crippen LogP contribution is -2.44. The molecule has 0 saturated heterocycles. The van der Waals surface area contributed by atoms with E-state index in [1.807, 2.05) is 23.1 Å². The van der Waals surface area contributed by atoms with Crippen molar-refractivity contribution in [2.24, 2.45) is 5.73 Å². The van der Waals surface area contributed by atoms with Crippen LogP contribution in [0.25, 0.3) is 0 Å². The SMILES string of the molecule is COC(CN)CC(=O)N1c2ccccc2CCC1C. The van der Waals surface area contributed by atoms with Crippen LogP contribution in [0.2, 0.25) is 0 Å². The number of hydrogen-bond acceptors (Lipinski definition) is 3. The molecular weight excluding hydrogens is 240 g/mol. The molecule has 104 valence electrons. The Morgan fingerprint density at radius 2 is 2.26 bits per heavy atom. The third kappa shape index (κ3) is 2.96. The number of hydrogen-bond donors (Lipinski definition) is 1. The average molecular weight is 262 g/mol. The number of carbonyl (C=O) groups is 1. The summed E-state index contributed by atoms with van der Waals surface area (Å²) in [4.78, 5) is 14.4. The van der Waals surface area contributed by atoms with Crippen molar-refractivity contribution < 1.29 is 9.53 Å². The third-order valence-corrected chi connectivity index (χ3v) is 3.79. The molecule has 1 aliphatic heterocycles. The van der Waals surface area contributed by atoms with Gasteiger partial charge in [0.1, 0.15) is 0 Å². The topological polar surface area (TPSA) is 55.6 Å². The Morgan fingerprint density at radius 3 is 2.95 bits per heavy atom. The number of rotatable bonds is 4.